The van der Waals surface area contributed by atoms with Gasteiger partial charge in [-0.2, -0.15) is 0 Å². The standard InChI is InChI=1S/C19H19FN2O2/c1-13-8-15-9-14(6-7-18(15)22(13)2)11-21-19(23)12-24-17-5-3-4-16(20)10-17/h3-10H,11-12H2,1-2H3,(H,21,23). The molecule has 1 heterocycles. The van der Waals surface area contributed by atoms with E-state index in [1.807, 2.05) is 19.2 Å². The second-order valence-electron chi connectivity index (χ2n) is 5.76. The van der Waals surface area contributed by atoms with Crippen LogP contribution in [0.3, 0.4) is 0 Å². The number of carbonyl (C=O) groups is 1. The van der Waals surface area contributed by atoms with Gasteiger partial charge in [0.15, 0.2) is 6.61 Å². The van der Waals surface area contributed by atoms with E-state index in [-0.39, 0.29) is 18.3 Å². The van der Waals surface area contributed by atoms with Crippen molar-refractivity contribution in [1.29, 1.82) is 0 Å². The summed E-state index contributed by atoms with van der Waals surface area (Å²) in [4.78, 5) is 11.9. The number of carbonyl (C=O) groups excluding carboxylic acids is 1. The van der Waals surface area contributed by atoms with Crippen LogP contribution in [0.2, 0.25) is 0 Å². The summed E-state index contributed by atoms with van der Waals surface area (Å²) in [7, 11) is 2.03. The van der Waals surface area contributed by atoms with Gasteiger partial charge in [-0.3, -0.25) is 4.79 Å². The van der Waals surface area contributed by atoms with Crippen LogP contribution in [0.4, 0.5) is 4.39 Å². The lowest BCUT2D eigenvalue weighted by Gasteiger charge is -2.08. The number of aryl methyl sites for hydroxylation is 2. The molecule has 0 radical (unpaired) electrons. The lowest BCUT2D eigenvalue weighted by Crippen LogP contribution is -2.28. The molecule has 0 saturated carbocycles. The van der Waals surface area contributed by atoms with E-state index in [4.69, 9.17) is 4.74 Å². The first kappa shape index (κ1) is 16.1. The van der Waals surface area contributed by atoms with Crippen molar-refractivity contribution in [3.05, 3.63) is 65.6 Å². The highest BCUT2D eigenvalue weighted by molar-refractivity contribution is 5.82. The van der Waals surface area contributed by atoms with Crippen molar-refractivity contribution in [1.82, 2.24) is 9.88 Å². The molecule has 0 unspecified atom stereocenters. The van der Waals surface area contributed by atoms with E-state index in [0.717, 1.165) is 16.5 Å². The molecule has 0 spiro atoms. The maximum atomic E-state index is 13.0. The van der Waals surface area contributed by atoms with Crippen LogP contribution in [-0.2, 0) is 18.4 Å². The first-order valence-corrected chi connectivity index (χ1v) is 7.73. The van der Waals surface area contributed by atoms with E-state index in [1.165, 1.54) is 17.8 Å². The summed E-state index contributed by atoms with van der Waals surface area (Å²) < 4.78 is 20.4. The first-order valence-electron chi connectivity index (χ1n) is 7.73. The van der Waals surface area contributed by atoms with Gasteiger partial charge in [0, 0.05) is 36.3 Å². The van der Waals surface area contributed by atoms with Gasteiger partial charge in [0.25, 0.3) is 5.91 Å². The minimum Gasteiger partial charge on any atom is -0.484 e. The van der Waals surface area contributed by atoms with E-state index in [2.05, 4.69) is 28.9 Å². The molecule has 24 heavy (non-hydrogen) atoms. The molecule has 0 saturated heterocycles. The third-order valence-corrected chi connectivity index (χ3v) is 4.00. The molecular formula is C19H19FN2O2. The molecule has 0 bridgehead atoms. The minimum absolute atomic E-state index is 0.143. The molecule has 4 nitrogen and oxygen atoms in total. The Balaban J connectivity index is 1.56. The summed E-state index contributed by atoms with van der Waals surface area (Å²) >= 11 is 0. The Hall–Kier alpha value is -2.82. The Morgan fingerprint density at radius 2 is 2.04 bits per heavy atom. The summed E-state index contributed by atoms with van der Waals surface area (Å²) in [6, 6.07) is 14.0. The van der Waals surface area contributed by atoms with Gasteiger partial charge in [-0.1, -0.05) is 12.1 Å². The predicted molar refractivity (Wildman–Crippen MR) is 91.4 cm³/mol. The van der Waals surface area contributed by atoms with E-state index in [1.54, 1.807) is 12.1 Å². The number of nitrogens with one attached hydrogen (secondary N) is 1. The maximum absolute atomic E-state index is 13.0. The quantitative estimate of drug-likeness (QED) is 0.781. The Bertz CT molecular complexity index is 886. The van der Waals surface area contributed by atoms with Crippen LogP contribution in [0.15, 0.2) is 48.5 Å². The topological polar surface area (TPSA) is 43.3 Å². The van der Waals surface area contributed by atoms with Crippen molar-refractivity contribution in [2.45, 2.75) is 13.5 Å². The Morgan fingerprint density at radius 1 is 1.21 bits per heavy atom. The van der Waals surface area contributed by atoms with Gasteiger partial charge < -0.3 is 14.6 Å². The summed E-state index contributed by atoms with van der Waals surface area (Å²) in [5.41, 5.74) is 3.37. The summed E-state index contributed by atoms with van der Waals surface area (Å²) in [5.74, 6) is -0.297. The minimum atomic E-state index is -0.389. The fraction of sp³-hybridized carbons (Fsp3) is 0.211. The molecule has 0 fully saturated rings. The smallest absolute Gasteiger partial charge is 0.258 e. The molecule has 1 amide bonds. The maximum Gasteiger partial charge on any atom is 0.258 e. The van der Waals surface area contributed by atoms with E-state index >= 15 is 0 Å². The van der Waals surface area contributed by atoms with Gasteiger partial charge >= 0.3 is 0 Å². The molecular weight excluding hydrogens is 307 g/mol. The molecule has 0 aliphatic rings. The van der Waals surface area contributed by atoms with Gasteiger partial charge in [-0.15, -0.1) is 0 Å². The molecule has 3 aromatic rings. The van der Waals surface area contributed by atoms with Crippen molar-refractivity contribution in [2.75, 3.05) is 6.61 Å². The molecule has 0 aliphatic heterocycles. The van der Waals surface area contributed by atoms with Crippen LogP contribution in [-0.4, -0.2) is 17.1 Å². The number of rotatable bonds is 5. The lowest BCUT2D eigenvalue weighted by atomic mass is 10.1. The number of benzene rings is 2. The number of halogens is 1. The van der Waals surface area contributed by atoms with Gasteiger partial charge in [-0.25, -0.2) is 4.39 Å². The van der Waals surface area contributed by atoms with Crippen LogP contribution in [0, 0.1) is 12.7 Å². The molecule has 3 rings (SSSR count). The summed E-state index contributed by atoms with van der Waals surface area (Å²) in [6.07, 6.45) is 0. The number of ether oxygens (including phenoxy) is 1. The van der Waals surface area contributed by atoms with Crippen molar-refractivity contribution in [3.8, 4) is 5.75 Å². The van der Waals surface area contributed by atoms with Crippen molar-refractivity contribution >= 4 is 16.8 Å². The van der Waals surface area contributed by atoms with E-state index in [0.29, 0.717) is 12.3 Å². The molecule has 2 aromatic carbocycles. The number of fused-ring (bicyclic) bond motifs is 1. The Morgan fingerprint density at radius 3 is 2.83 bits per heavy atom. The normalized spacial score (nSPS) is 10.8. The average molecular weight is 326 g/mol. The van der Waals surface area contributed by atoms with Crippen LogP contribution in [0.1, 0.15) is 11.3 Å². The average Bonchev–Trinajstić information content (AvgIpc) is 2.85. The number of hydrogen-bond acceptors (Lipinski definition) is 2. The molecule has 124 valence electrons. The zero-order valence-electron chi connectivity index (χ0n) is 13.7. The van der Waals surface area contributed by atoms with Gasteiger partial charge in [0.2, 0.25) is 0 Å². The third-order valence-electron chi connectivity index (χ3n) is 4.00. The molecule has 1 N–H and O–H groups in total. The van der Waals surface area contributed by atoms with Crippen molar-refractivity contribution in [2.24, 2.45) is 7.05 Å². The van der Waals surface area contributed by atoms with E-state index < -0.39 is 0 Å². The number of aromatic nitrogens is 1. The van der Waals surface area contributed by atoms with Crippen LogP contribution >= 0.6 is 0 Å². The van der Waals surface area contributed by atoms with E-state index in [9.17, 15) is 9.18 Å². The highest BCUT2D eigenvalue weighted by Crippen LogP contribution is 2.19. The van der Waals surface area contributed by atoms with Crippen molar-refractivity contribution < 1.29 is 13.9 Å². The predicted octanol–water partition coefficient (Wildman–Crippen LogP) is 3.32. The summed E-state index contributed by atoms with van der Waals surface area (Å²) in [6.45, 7) is 2.34. The highest BCUT2D eigenvalue weighted by atomic mass is 19.1. The Kier molecular flexibility index (Phi) is 4.51. The zero-order chi connectivity index (χ0) is 17.1. The number of amides is 1. The first-order chi connectivity index (χ1) is 11.5. The lowest BCUT2D eigenvalue weighted by molar-refractivity contribution is -0.123. The van der Waals surface area contributed by atoms with Gasteiger partial charge in [0.1, 0.15) is 11.6 Å². The monoisotopic (exact) mass is 326 g/mol. The summed E-state index contributed by atoms with van der Waals surface area (Å²) in [5, 5.41) is 3.96. The van der Waals surface area contributed by atoms with Crippen LogP contribution < -0.4 is 10.1 Å². The van der Waals surface area contributed by atoms with Crippen LogP contribution in [0.5, 0.6) is 5.75 Å². The van der Waals surface area contributed by atoms with Gasteiger partial charge in [0.05, 0.1) is 0 Å². The second-order valence-corrected chi connectivity index (χ2v) is 5.76. The largest absolute Gasteiger partial charge is 0.484 e. The van der Waals surface area contributed by atoms with Crippen LogP contribution in [0.25, 0.3) is 10.9 Å². The zero-order valence-corrected chi connectivity index (χ0v) is 13.7. The molecule has 5 heteroatoms. The number of hydrogen-bond donors (Lipinski definition) is 1. The Labute approximate surface area is 139 Å². The molecule has 0 atom stereocenters. The third kappa shape index (κ3) is 3.56. The highest BCUT2D eigenvalue weighted by Gasteiger charge is 2.06. The second kappa shape index (κ2) is 6.74. The van der Waals surface area contributed by atoms with Gasteiger partial charge in [-0.05, 0) is 42.8 Å². The van der Waals surface area contributed by atoms with Crippen molar-refractivity contribution in [3.63, 3.8) is 0 Å². The molecule has 1 aromatic heterocycles. The number of nitrogens with zero attached hydrogens (tertiary/aromatic N) is 1. The fourth-order valence-electron chi connectivity index (χ4n) is 2.60. The molecule has 0 aliphatic carbocycles. The fourth-order valence-corrected chi connectivity index (χ4v) is 2.60. The SMILES string of the molecule is Cc1cc2cc(CNC(=O)COc3cccc(F)c3)ccc2n1C.